The highest BCUT2D eigenvalue weighted by molar-refractivity contribution is 9.10. The Labute approximate surface area is 163 Å². The number of anilines is 1. The first-order valence-corrected chi connectivity index (χ1v) is 9.09. The number of carbonyl (C=O) groups is 1. The maximum absolute atomic E-state index is 12.4. The van der Waals surface area contributed by atoms with Crippen LogP contribution in [0.25, 0.3) is 5.65 Å². The van der Waals surface area contributed by atoms with Gasteiger partial charge in [0.25, 0.3) is 5.91 Å². The van der Waals surface area contributed by atoms with Crippen LogP contribution in [-0.2, 0) is 6.54 Å². The summed E-state index contributed by atoms with van der Waals surface area (Å²) in [6.07, 6.45) is 1.69. The molecule has 2 heterocycles. The molecule has 0 aliphatic heterocycles. The maximum Gasteiger partial charge on any atom is 0.350 e. The van der Waals surface area contributed by atoms with Crippen LogP contribution in [0.2, 0.25) is 0 Å². The molecule has 0 aliphatic rings. The van der Waals surface area contributed by atoms with Gasteiger partial charge in [0.05, 0.1) is 6.54 Å². The predicted octanol–water partition coefficient (Wildman–Crippen LogP) is 3.56. The number of amides is 1. The quantitative estimate of drug-likeness (QED) is 0.546. The number of benzene rings is 2. The fourth-order valence-electron chi connectivity index (χ4n) is 2.80. The topological polar surface area (TPSA) is 68.4 Å². The minimum atomic E-state index is -0.199. The van der Waals surface area contributed by atoms with Crippen LogP contribution in [0.4, 0.5) is 5.69 Å². The Balaban J connectivity index is 1.55. The molecule has 0 atom stereocenters. The van der Waals surface area contributed by atoms with Crippen LogP contribution in [-0.4, -0.2) is 20.1 Å². The maximum atomic E-state index is 12.4. The lowest BCUT2D eigenvalue weighted by atomic mass is 10.1. The number of nitrogens with zero attached hydrogens (tertiary/aromatic N) is 3. The number of nitrogens with one attached hydrogen (secondary N) is 1. The molecule has 7 heteroatoms. The normalized spacial score (nSPS) is 10.9. The highest BCUT2D eigenvalue weighted by Gasteiger charge is 2.09. The summed E-state index contributed by atoms with van der Waals surface area (Å²) in [4.78, 5) is 24.8. The van der Waals surface area contributed by atoms with E-state index in [0.29, 0.717) is 23.4 Å². The second-order valence-corrected chi connectivity index (χ2v) is 6.95. The Kier molecular flexibility index (Phi) is 4.60. The van der Waals surface area contributed by atoms with Gasteiger partial charge in [-0.25, -0.2) is 9.48 Å². The Bertz CT molecular complexity index is 1180. The molecule has 0 spiro atoms. The van der Waals surface area contributed by atoms with E-state index in [4.69, 9.17) is 0 Å². The number of halogens is 1. The minimum absolute atomic E-state index is 0.190. The van der Waals surface area contributed by atoms with Crippen LogP contribution in [0.5, 0.6) is 0 Å². The fourth-order valence-corrected chi connectivity index (χ4v) is 3.06. The van der Waals surface area contributed by atoms with Gasteiger partial charge in [-0.2, -0.15) is 0 Å². The number of aromatic nitrogens is 3. The average Bonchev–Trinajstić information content (AvgIpc) is 2.98. The molecule has 0 bridgehead atoms. The molecule has 0 radical (unpaired) electrons. The lowest BCUT2D eigenvalue weighted by molar-refractivity contribution is 0.102. The molecule has 0 aliphatic carbocycles. The van der Waals surface area contributed by atoms with E-state index in [9.17, 15) is 9.59 Å². The third kappa shape index (κ3) is 3.68. The van der Waals surface area contributed by atoms with Gasteiger partial charge in [0.15, 0.2) is 5.65 Å². The molecule has 4 rings (SSSR count). The van der Waals surface area contributed by atoms with Gasteiger partial charge in [-0.1, -0.05) is 34.1 Å². The minimum Gasteiger partial charge on any atom is -0.322 e. The molecule has 0 fully saturated rings. The number of hydrogen-bond acceptors (Lipinski definition) is 3. The first-order valence-electron chi connectivity index (χ1n) is 8.30. The van der Waals surface area contributed by atoms with Crippen molar-refractivity contribution in [1.82, 2.24) is 14.2 Å². The van der Waals surface area contributed by atoms with Crippen LogP contribution < -0.4 is 11.0 Å². The van der Waals surface area contributed by atoms with E-state index in [2.05, 4.69) is 26.3 Å². The zero-order valence-corrected chi connectivity index (χ0v) is 15.8. The van der Waals surface area contributed by atoms with Crippen molar-refractivity contribution in [3.05, 3.63) is 99.0 Å². The van der Waals surface area contributed by atoms with E-state index in [1.54, 1.807) is 30.5 Å². The predicted molar refractivity (Wildman–Crippen MR) is 107 cm³/mol. The van der Waals surface area contributed by atoms with Crippen molar-refractivity contribution in [3.8, 4) is 0 Å². The summed E-state index contributed by atoms with van der Waals surface area (Å²) >= 11 is 3.35. The molecule has 0 unspecified atom stereocenters. The molecule has 0 saturated carbocycles. The number of fused-ring (bicyclic) bond motifs is 1. The molecule has 1 N–H and O–H groups in total. The summed E-state index contributed by atoms with van der Waals surface area (Å²) in [6.45, 7) is 0.322. The van der Waals surface area contributed by atoms with Crippen molar-refractivity contribution in [2.75, 3.05) is 5.32 Å². The lowest BCUT2D eigenvalue weighted by Gasteiger charge is -2.07. The second-order valence-electron chi connectivity index (χ2n) is 6.03. The SMILES string of the molecule is O=C(Nc1cccc(Cn2nc3ccccn3c2=O)c1)c1ccc(Br)cc1. The first kappa shape index (κ1) is 17.2. The zero-order chi connectivity index (χ0) is 18.8. The largest absolute Gasteiger partial charge is 0.350 e. The molecule has 1 amide bonds. The van der Waals surface area contributed by atoms with Gasteiger partial charge in [0.2, 0.25) is 0 Å². The Hall–Kier alpha value is -3.19. The number of hydrogen-bond donors (Lipinski definition) is 1. The van der Waals surface area contributed by atoms with Gasteiger partial charge in [-0.3, -0.25) is 9.20 Å². The molecule has 134 valence electrons. The monoisotopic (exact) mass is 422 g/mol. The first-order chi connectivity index (χ1) is 13.1. The van der Waals surface area contributed by atoms with Gasteiger partial charge >= 0.3 is 5.69 Å². The summed E-state index contributed by atoms with van der Waals surface area (Å²) in [7, 11) is 0. The molecule has 0 saturated heterocycles. The van der Waals surface area contributed by atoms with E-state index < -0.39 is 0 Å². The van der Waals surface area contributed by atoms with Gasteiger partial charge in [0.1, 0.15) is 0 Å². The van der Waals surface area contributed by atoms with E-state index in [1.807, 2.05) is 42.5 Å². The van der Waals surface area contributed by atoms with Crippen LogP contribution >= 0.6 is 15.9 Å². The summed E-state index contributed by atoms with van der Waals surface area (Å²) in [6, 6.07) is 19.9. The van der Waals surface area contributed by atoms with Crippen LogP contribution in [0.3, 0.4) is 0 Å². The highest BCUT2D eigenvalue weighted by Crippen LogP contribution is 2.15. The summed E-state index contributed by atoms with van der Waals surface area (Å²) in [5.41, 5.74) is 2.50. The van der Waals surface area contributed by atoms with E-state index in [1.165, 1.54) is 9.08 Å². The number of carbonyl (C=O) groups excluding carboxylic acids is 1. The molecule has 6 nitrogen and oxygen atoms in total. The smallest absolute Gasteiger partial charge is 0.322 e. The van der Waals surface area contributed by atoms with E-state index in [0.717, 1.165) is 10.0 Å². The summed E-state index contributed by atoms with van der Waals surface area (Å²) in [5, 5.41) is 7.21. The van der Waals surface area contributed by atoms with Gasteiger partial charge in [-0.05, 0) is 54.1 Å². The van der Waals surface area contributed by atoms with Crippen LogP contribution in [0.1, 0.15) is 15.9 Å². The van der Waals surface area contributed by atoms with Crippen molar-refractivity contribution in [2.45, 2.75) is 6.54 Å². The van der Waals surface area contributed by atoms with E-state index in [-0.39, 0.29) is 11.6 Å². The van der Waals surface area contributed by atoms with Gasteiger partial charge in [0, 0.05) is 21.9 Å². The highest BCUT2D eigenvalue weighted by atomic mass is 79.9. The van der Waals surface area contributed by atoms with Crippen molar-refractivity contribution < 1.29 is 4.79 Å². The Morgan fingerprint density at radius 1 is 1.04 bits per heavy atom. The van der Waals surface area contributed by atoms with Crippen molar-refractivity contribution >= 4 is 33.2 Å². The van der Waals surface area contributed by atoms with Crippen LogP contribution in [0.15, 0.2) is 82.2 Å². The molecule has 27 heavy (non-hydrogen) atoms. The Morgan fingerprint density at radius 3 is 2.63 bits per heavy atom. The molecule has 4 aromatic rings. The van der Waals surface area contributed by atoms with Crippen LogP contribution in [0, 0.1) is 0 Å². The fraction of sp³-hybridized carbons (Fsp3) is 0.0500. The lowest BCUT2D eigenvalue weighted by Crippen LogP contribution is -2.21. The average molecular weight is 423 g/mol. The van der Waals surface area contributed by atoms with Crippen molar-refractivity contribution in [3.63, 3.8) is 0 Å². The Morgan fingerprint density at radius 2 is 1.85 bits per heavy atom. The number of pyridine rings is 1. The number of rotatable bonds is 4. The zero-order valence-electron chi connectivity index (χ0n) is 14.2. The standard InChI is InChI=1S/C20H15BrN4O2/c21-16-9-7-15(8-10-16)19(26)22-17-5-3-4-14(12-17)13-25-20(27)24-11-2-1-6-18(24)23-25/h1-12H,13H2,(H,22,26). The van der Waals surface area contributed by atoms with E-state index >= 15 is 0 Å². The second kappa shape index (κ2) is 7.20. The molecule has 2 aromatic heterocycles. The molecular formula is C20H15BrN4O2. The van der Waals surface area contributed by atoms with Gasteiger partial charge < -0.3 is 5.32 Å². The third-order valence-electron chi connectivity index (χ3n) is 4.11. The summed E-state index contributed by atoms with van der Waals surface area (Å²) in [5.74, 6) is -0.190. The molecular weight excluding hydrogens is 408 g/mol. The van der Waals surface area contributed by atoms with Crippen molar-refractivity contribution in [2.24, 2.45) is 0 Å². The third-order valence-corrected chi connectivity index (χ3v) is 4.64. The molecule has 2 aromatic carbocycles. The van der Waals surface area contributed by atoms with Gasteiger partial charge in [-0.15, -0.1) is 5.10 Å². The summed E-state index contributed by atoms with van der Waals surface area (Å²) < 4.78 is 3.82. The van der Waals surface area contributed by atoms with Crippen molar-refractivity contribution in [1.29, 1.82) is 0 Å².